The molecule has 0 fully saturated rings. The van der Waals surface area contributed by atoms with Gasteiger partial charge < -0.3 is 4.84 Å². The van der Waals surface area contributed by atoms with Gasteiger partial charge in [0.25, 0.3) is 0 Å². The molecule has 0 saturated heterocycles. The molecule has 0 bridgehead atoms. The first-order valence-corrected chi connectivity index (χ1v) is 10.6. The van der Waals surface area contributed by atoms with Crippen molar-refractivity contribution >= 4 is 35.5 Å². The molecule has 0 radical (unpaired) electrons. The number of nitrogens with zero attached hydrogens (tertiary/aromatic N) is 1. The van der Waals surface area contributed by atoms with Crippen molar-refractivity contribution in [2.75, 3.05) is 0 Å². The van der Waals surface area contributed by atoms with Gasteiger partial charge >= 0.3 is 5.97 Å². The minimum absolute atomic E-state index is 0.0795. The van der Waals surface area contributed by atoms with E-state index in [-0.39, 0.29) is 18.4 Å². The Morgan fingerprint density at radius 2 is 1.61 bits per heavy atom. The van der Waals surface area contributed by atoms with Gasteiger partial charge in [0.2, 0.25) is 5.78 Å². The first-order chi connectivity index (χ1) is 15.1. The number of hydrogen-bond donors (Lipinski definition) is 0. The summed E-state index contributed by atoms with van der Waals surface area (Å²) in [6.45, 7) is 2.12. The predicted octanol–water partition coefficient (Wildman–Crippen LogP) is 4.92. The van der Waals surface area contributed by atoms with E-state index in [9.17, 15) is 14.4 Å². The zero-order chi connectivity index (χ0) is 22.1. The summed E-state index contributed by atoms with van der Waals surface area (Å²) < 4.78 is 0. The molecule has 0 unspecified atom stereocenters. The van der Waals surface area contributed by atoms with Crippen LogP contribution >= 0.6 is 11.8 Å². The highest BCUT2D eigenvalue weighted by Crippen LogP contribution is 2.30. The molecule has 0 aliphatic carbocycles. The molecule has 0 amide bonds. The van der Waals surface area contributed by atoms with Crippen molar-refractivity contribution < 1.29 is 19.2 Å². The number of benzene rings is 3. The second-order valence-electron chi connectivity index (χ2n) is 6.65. The lowest BCUT2D eigenvalue weighted by Crippen LogP contribution is -2.19. The van der Waals surface area contributed by atoms with Crippen LogP contribution in [0.1, 0.15) is 28.4 Å². The molecule has 0 saturated carbocycles. The topological polar surface area (TPSA) is 72.8 Å². The van der Waals surface area contributed by atoms with Crippen LogP contribution in [-0.4, -0.2) is 23.8 Å². The highest BCUT2D eigenvalue weighted by molar-refractivity contribution is 7.99. The Bertz CT molecular complexity index is 1090. The van der Waals surface area contributed by atoms with E-state index in [0.29, 0.717) is 5.56 Å². The van der Waals surface area contributed by atoms with Gasteiger partial charge in [0.1, 0.15) is 5.71 Å². The lowest BCUT2D eigenvalue weighted by molar-refractivity contribution is -0.125. The van der Waals surface area contributed by atoms with E-state index in [4.69, 9.17) is 4.84 Å². The van der Waals surface area contributed by atoms with Crippen LogP contribution in [0.15, 0.2) is 93.8 Å². The van der Waals surface area contributed by atoms with Crippen LogP contribution in [0.3, 0.4) is 0 Å². The second-order valence-corrected chi connectivity index (χ2v) is 7.76. The molecule has 0 aliphatic rings. The Morgan fingerprint density at radius 3 is 2.29 bits per heavy atom. The third-order valence-electron chi connectivity index (χ3n) is 4.52. The highest BCUT2D eigenvalue weighted by atomic mass is 32.2. The van der Waals surface area contributed by atoms with Crippen LogP contribution in [-0.2, 0) is 27.3 Å². The zero-order valence-electron chi connectivity index (χ0n) is 17.0. The van der Waals surface area contributed by atoms with Crippen molar-refractivity contribution in [1.82, 2.24) is 0 Å². The van der Waals surface area contributed by atoms with Crippen LogP contribution in [0.25, 0.3) is 0 Å². The smallest absolute Gasteiger partial charge is 0.312 e. The number of hydrogen-bond acceptors (Lipinski definition) is 6. The van der Waals surface area contributed by atoms with Crippen LogP contribution in [0.5, 0.6) is 0 Å². The summed E-state index contributed by atoms with van der Waals surface area (Å²) in [6, 6.07) is 24.2. The zero-order valence-corrected chi connectivity index (χ0v) is 17.8. The first-order valence-electron chi connectivity index (χ1n) is 9.78. The van der Waals surface area contributed by atoms with Gasteiger partial charge in [-0.15, -0.1) is 0 Å². The quantitative estimate of drug-likeness (QED) is 0.158. The summed E-state index contributed by atoms with van der Waals surface area (Å²) in [4.78, 5) is 42.1. The lowest BCUT2D eigenvalue weighted by atomic mass is 10.1. The molecule has 5 nitrogen and oxygen atoms in total. The van der Waals surface area contributed by atoms with Gasteiger partial charge in [-0.05, 0) is 47.9 Å². The number of carbonyl (C=O) groups is 3. The molecule has 156 valence electrons. The van der Waals surface area contributed by atoms with Crippen LogP contribution < -0.4 is 0 Å². The summed E-state index contributed by atoms with van der Waals surface area (Å²) in [5.74, 6) is -1.52. The number of ketones is 1. The van der Waals surface area contributed by atoms with E-state index >= 15 is 0 Å². The monoisotopic (exact) mass is 431 g/mol. The summed E-state index contributed by atoms with van der Waals surface area (Å²) in [5, 5.41) is 3.66. The van der Waals surface area contributed by atoms with Gasteiger partial charge in [-0.1, -0.05) is 72.4 Å². The van der Waals surface area contributed by atoms with Crippen molar-refractivity contribution in [2.45, 2.75) is 29.6 Å². The second kappa shape index (κ2) is 11.0. The van der Waals surface area contributed by atoms with E-state index in [1.807, 2.05) is 36.4 Å². The standard InChI is InChI=1S/C25H21NO4S/c1-2-19-8-6-7-11-24(19)31-21-14-12-18(13-15-21)16-22(23(28)17-27)26-30-25(29)20-9-4-3-5-10-20/h3-15,17H,2,16H2,1H3. The van der Waals surface area contributed by atoms with Crippen LogP contribution in [0.4, 0.5) is 0 Å². The van der Waals surface area contributed by atoms with Gasteiger partial charge in [0.05, 0.1) is 5.56 Å². The van der Waals surface area contributed by atoms with Gasteiger partial charge in [-0.25, -0.2) is 4.79 Å². The Hall–Kier alpha value is -3.51. The molecule has 0 aromatic heterocycles. The Labute approximate surface area is 185 Å². The fourth-order valence-electron chi connectivity index (χ4n) is 2.85. The van der Waals surface area contributed by atoms with Crippen molar-refractivity contribution in [1.29, 1.82) is 0 Å². The average Bonchev–Trinajstić information content (AvgIpc) is 2.83. The van der Waals surface area contributed by atoms with E-state index in [2.05, 4.69) is 24.2 Å². The molecule has 0 N–H and O–H groups in total. The van der Waals surface area contributed by atoms with Crippen molar-refractivity contribution in [3.8, 4) is 0 Å². The third kappa shape index (κ3) is 6.23. The molecule has 0 heterocycles. The number of oxime groups is 1. The molecule has 0 atom stereocenters. The van der Waals surface area contributed by atoms with Crippen LogP contribution in [0, 0.1) is 0 Å². The number of carbonyl (C=O) groups excluding carboxylic acids is 3. The van der Waals surface area contributed by atoms with Crippen LogP contribution in [0.2, 0.25) is 0 Å². The normalized spacial score (nSPS) is 11.1. The average molecular weight is 432 g/mol. The van der Waals surface area contributed by atoms with E-state index in [0.717, 1.165) is 16.9 Å². The maximum absolute atomic E-state index is 12.1. The number of aryl methyl sites for hydroxylation is 1. The van der Waals surface area contributed by atoms with E-state index in [1.165, 1.54) is 10.5 Å². The fraction of sp³-hybridized carbons (Fsp3) is 0.120. The van der Waals surface area contributed by atoms with E-state index in [1.54, 1.807) is 42.1 Å². The number of rotatable bonds is 9. The van der Waals surface area contributed by atoms with Gasteiger partial charge in [-0.3, -0.25) is 9.59 Å². The van der Waals surface area contributed by atoms with Gasteiger partial charge in [0, 0.05) is 16.2 Å². The largest absolute Gasteiger partial charge is 0.365 e. The van der Waals surface area contributed by atoms with Gasteiger partial charge in [-0.2, -0.15) is 0 Å². The Morgan fingerprint density at radius 1 is 0.935 bits per heavy atom. The predicted molar refractivity (Wildman–Crippen MR) is 120 cm³/mol. The fourth-order valence-corrected chi connectivity index (χ4v) is 3.86. The molecule has 3 aromatic rings. The summed E-state index contributed by atoms with van der Waals surface area (Å²) in [6.07, 6.45) is 1.20. The number of Topliss-reactive ketones (excluding diaryl/α,β-unsaturated/α-hetero) is 1. The molecule has 0 aliphatic heterocycles. The maximum atomic E-state index is 12.1. The molecular weight excluding hydrogens is 410 g/mol. The molecule has 3 rings (SSSR count). The minimum Gasteiger partial charge on any atom is -0.312 e. The van der Waals surface area contributed by atoms with Crippen molar-refractivity contribution in [2.24, 2.45) is 5.16 Å². The molecular formula is C25H21NO4S. The molecule has 31 heavy (non-hydrogen) atoms. The molecule has 6 heteroatoms. The Balaban J connectivity index is 1.70. The Kier molecular flexibility index (Phi) is 7.90. The summed E-state index contributed by atoms with van der Waals surface area (Å²) in [5.41, 5.74) is 2.23. The molecule has 3 aromatic carbocycles. The molecule has 0 spiro atoms. The maximum Gasteiger partial charge on any atom is 0.365 e. The van der Waals surface area contributed by atoms with Gasteiger partial charge in [0.15, 0.2) is 6.29 Å². The SMILES string of the molecule is CCc1ccccc1Sc1ccc(CC(=NOC(=O)c2ccccc2)C(=O)C=O)cc1. The summed E-state index contributed by atoms with van der Waals surface area (Å²) in [7, 11) is 0. The summed E-state index contributed by atoms with van der Waals surface area (Å²) >= 11 is 1.67. The minimum atomic E-state index is -0.823. The first kappa shape index (κ1) is 22.2. The third-order valence-corrected chi connectivity index (χ3v) is 5.64. The van der Waals surface area contributed by atoms with Crippen molar-refractivity contribution in [3.05, 3.63) is 95.6 Å². The highest BCUT2D eigenvalue weighted by Gasteiger charge is 2.15. The van der Waals surface area contributed by atoms with Crippen molar-refractivity contribution in [3.63, 3.8) is 0 Å². The lowest BCUT2D eigenvalue weighted by Gasteiger charge is -2.08. The number of aldehydes is 1. The van der Waals surface area contributed by atoms with E-state index < -0.39 is 11.8 Å².